The lowest BCUT2D eigenvalue weighted by atomic mass is 10.1. The minimum absolute atomic E-state index is 0.153. The van der Waals surface area contributed by atoms with E-state index in [1.165, 1.54) is 4.90 Å². The van der Waals surface area contributed by atoms with Gasteiger partial charge in [0.1, 0.15) is 0 Å². The lowest BCUT2D eigenvalue weighted by Crippen LogP contribution is -2.41. The molecule has 2 aliphatic rings. The van der Waals surface area contributed by atoms with Crippen molar-refractivity contribution in [2.45, 2.75) is 12.5 Å². The third-order valence-corrected chi connectivity index (χ3v) is 3.53. The monoisotopic (exact) mass is 245 g/mol. The van der Waals surface area contributed by atoms with Crippen molar-refractivity contribution in [2.75, 3.05) is 19.8 Å². The van der Waals surface area contributed by atoms with Crippen LogP contribution in [-0.2, 0) is 0 Å². The Morgan fingerprint density at radius 2 is 1.78 bits per heavy atom. The predicted octanol–water partition coefficient (Wildman–Crippen LogP) is 0.273. The van der Waals surface area contributed by atoms with E-state index < -0.39 is 0 Å². The minimum Gasteiger partial charge on any atom is -0.326 e. The molecule has 2 N–H and O–H groups in total. The molecule has 5 nitrogen and oxygen atoms in total. The van der Waals surface area contributed by atoms with Gasteiger partial charge in [-0.15, -0.1) is 0 Å². The van der Waals surface area contributed by atoms with Crippen molar-refractivity contribution in [2.24, 2.45) is 5.73 Å². The van der Waals surface area contributed by atoms with Crippen LogP contribution in [0.3, 0.4) is 0 Å². The molecule has 1 saturated heterocycles. The molecule has 0 aliphatic carbocycles. The van der Waals surface area contributed by atoms with Crippen LogP contribution in [0.2, 0.25) is 0 Å². The van der Waals surface area contributed by atoms with Crippen molar-refractivity contribution in [3.05, 3.63) is 35.4 Å². The Balaban J connectivity index is 1.80. The van der Waals surface area contributed by atoms with Crippen LogP contribution >= 0.6 is 0 Å². The summed E-state index contributed by atoms with van der Waals surface area (Å²) < 4.78 is 0. The SMILES string of the molecule is N[C@H]1CCN(CN2C(=O)c3ccccc3C2=O)C1. The van der Waals surface area contributed by atoms with E-state index in [1.807, 2.05) is 4.90 Å². The highest BCUT2D eigenvalue weighted by atomic mass is 16.2. The summed E-state index contributed by atoms with van der Waals surface area (Å²) in [6.45, 7) is 1.93. The van der Waals surface area contributed by atoms with Crippen molar-refractivity contribution < 1.29 is 9.59 Å². The average Bonchev–Trinajstić information content (AvgIpc) is 2.88. The van der Waals surface area contributed by atoms with Crippen LogP contribution in [0.1, 0.15) is 27.1 Å². The number of benzene rings is 1. The Hall–Kier alpha value is -1.72. The van der Waals surface area contributed by atoms with Gasteiger partial charge in [0.25, 0.3) is 11.8 Å². The lowest BCUT2D eigenvalue weighted by molar-refractivity contribution is 0.0563. The van der Waals surface area contributed by atoms with E-state index in [2.05, 4.69) is 0 Å². The van der Waals surface area contributed by atoms with E-state index >= 15 is 0 Å². The van der Waals surface area contributed by atoms with Gasteiger partial charge in [0.05, 0.1) is 17.8 Å². The van der Waals surface area contributed by atoms with Crippen LogP contribution in [0.25, 0.3) is 0 Å². The maximum absolute atomic E-state index is 12.1. The van der Waals surface area contributed by atoms with Gasteiger partial charge < -0.3 is 5.73 Å². The molecule has 1 aromatic carbocycles. The summed E-state index contributed by atoms with van der Waals surface area (Å²) in [7, 11) is 0. The summed E-state index contributed by atoms with van der Waals surface area (Å²) in [5.74, 6) is -0.396. The standard InChI is InChI=1S/C13H15N3O2/c14-9-5-6-15(7-9)8-16-12(17)10-3-1-2-4-11(10)13(16)18/h1-4,9H,5-8,14H2/t9-/m0/s1. The summed E-state index contributed by atoms with van der Waals surface area (Å²) in [5, 5.41) is 0. The van der Waals surface area contributed by atoms with Crippen LogP contribution < -0.4 is 5.73 Å². The first-order chi connectivity index (χ1) is 8.66. The van der Waals surface area contributed by atoms with Gasteiger partial charge in [0.2, 0.25) is 0 Å². The molecular formula is C13H15N3O2. The second-order valence-corrected chi connectivity index (χ2v) is 4.85. The minimum atomic E-state index is -0.198. The first kappa shape index (κ1) is 11.4. The molecule has 1 atom stereocenters. The third-order valence-electron chi connectivity index (χ3n) is 3.53. The number of rotatable bonds is 2. The lowest BCUT2D eigenvalue weighted by Gasteiger charge is -2.21. The molecule has 1 fully saturated rings. The number of nitrogens with two attached hydrogens (primary N) is 1. The van der Waals surface area contributed by atoms with E-state index in [0.717, 1.165) is 19.5 Å². The Bertz CT molecular complexity index is 480. The van der Waals surface area contributed by atoms with Crippen LogP contribution in [0.4, 0.5) is 0 Å². The maximum atomic E-state index is 12.1. The number of hydrogen-bond donors (Lipinski definition) is 1. The third kappa shape index (κ3) is 1.72. The summed E-state index contributed by atoms with van der Waals surface area (Å²) >= 11 is 0. The summed E-state index contributed by atoms with van der Waals surface area (Å²) in [6.07, 6.45) is 0.920. The molecule has 3 rings (SSSR count). The number of carbonyl (C=O) groups is 2. The second-order valence-electron chi connectivity index (χ2n) is 4.85. The molecule has 0 saturated carbocycles. The highest BCUT2D eigenvalue weighted by Gasteiger charge is 2.36. The van der Waals surface area contributed by atoms with Gasteiger partial charge in [-0.3, -0.25) is 19.4 Å². The molecule has 2 amide bonds. The molecule has 0 unspecified atom stereocenters. The number of hydrogen-bond acceptors (Lipinski definition) is 4. The van der Waals surface area contributed by atoms with Crippen LogP contribution in [0.15, 0.2) is 24.3 Å². The molecule has 0 bridgehead atoms. The quantitative estimate of drug-likeness (QED) is 0.760. The summed E-state index contributed by atoms with van der Waals surface area (Å²) in [4.78, 5) is 27.6. The zero-order valence-corrected chi connectivity index (χ0v) is 10.0. The molecule has 2 heterocycles. The van der Waals surface area contributed by atoms with Gasteiger partial charge in [-0.25, -0.2) is 0 Å². The van der Waals surface area contributed by atoms with Gasteiger partial charge in [-0.2, -0.15) is 0 Å². The Morgan fingerprint density at radius 3 is 2.28 bits per heavy atom. The Labute approximate surface area is 105 Å². The number of likely N-dealkylation sites (tertiary alicyclic amines) is 1. The van der Waals surface area contributed by atoms with Gasteiger partial charge in [0.15, 0.2) is 0 Å². The Kier molecular flexibility index (Phi) is 2.65. The van der Waals surface area contributed by atoms with Crippen molar-refractivity contribution in [1.29, 1.82) is 0 Å². The number of carbonyl (C=O) groups excluding carboxylic acids is 2. The van der Waals surface area contributed by atoms with Crippen molar-refractivity contribution >= 4 is 11.8 Å². The van der Waals surface area contributed by atoms with Crippen molar-refractivity contribution in [3.63, 3.8) is 0 Å². The van der Waals surface area contributed by atoms with E-state index in [-0.39, 0.29) is 17.9 Å². The molecule has 0 aromatic heterocycles. The maximum Gasteiger partial charge on any atom is 0.262 e. The number of nitrogens with zero attached hydrogens (tertiary/aromatic N) is 2. The van der Waals surface area contributed by atoms with Crippen LogP contribution in [-0.4, -0.2) is 47.4 Å². The smallest absolute Gasteiger partial charge is 0.262 e. The number of amides is 2. The van der Waals surface area contributed by atoms with E-state index in [0.29, 0.717) is 17.8 Å². The van der Waals surface area contributed by atoms with Crippen molar-refractivity contribution in [3.8, 4) is 0 Å². The average molecular weight is 245 g/mol. The highest BCUT2D eigenvalue weighted by molar-refractivity contribution is 6.21. The first-order valence-electron chi connectivity index (χ1n) is 6.10. The molecule has 0 radical (unpaired) electrons. The van der Waals surface area contributed by atoms with Crippen LogP contribution in [0, 0.1) is 0 Å². The second kappa shape index (κ2) is 4.19. The molecule has 5 heteroatoms. The molecule has 2 aliphatic heterocycles. The fourth-order valence-electron chi connectivity index (χ4n) is 2.56. The fourth-order valence-corrected chi connectivity index (χ4v) is 2.56. The molecule has 0 spiro atoms. The Morgan fingerprint density at radius 1 is 1.17 bits per heavy atom. The molecular weight excluding hydrogens is 230 g/mol. The summed E-state index contributed by atoms with van der Waals surface area (Å²) in [5.41, 5.74) is 6.83. The van der Waals surface area contributed by atoms with E-state index in [4.69, 9.17) is 5.73 Å². The number of imide groups is 1. The van der Waals surface area contributed by atoms with E-state index in [9.17, 15) is 9.59 Å². The topological polar surface area (TPSA) is 66.6 Å². The van der Waals surface area contributed by atoms with Crippen LogP contribution in [0.5, 0.6) is 0 Å². The molecule has 94 valence electrons. The first-order valence-corrected chi connectivity index (χ1v) is 6.10. The predicted molar refractivity (Wildman–Crippen MR) is 66.0 cm³/mol. The molecule has 1 aromatic rings. The van der Waals surface area contributed by atoms with Gasteiger partial charge >= 0.3 is 0 Å². The van der Waals surface area contributed by atoms with E-state index in [1.54, 1.807) is 24.3 Å². The zero-order chi connectivity index (χ0) is 12.7. The zero-order valence-electron chi connectivity index (χ0n) is 10.0. The van der Waals surface area contributed by atoms with Gasteiger partial charge in [-0.1, -0.05) is 12.1 Å². The van der Waals surface area contributed by atoms with Gasteiger partial charge in [0, 0.05) is 19.1 Å². The molecule has 18 heavy (non-hydrogen) atoms. The highest BCUT2D eigenvalue weighted by Crippen LogP contribution is 2.23. The normalized spacial score (nSPS) is 23.8. The fraction of sp³-hybridized carbons (Fsp3) is 0.385. The number of fused-ring (bicyclic) bond motifs is 1. The van der Waals surface area contributed by atoms with Gasteiger partial charge in [-0.05, 0) is 18.6 Å². The van der Waals surface area contributed by atoms with Crippen molar-refractivity contribution in [1.82, 2.24) is 9.80 Å². The summed E-state index contributed by atoms with van der Waals surface area (Å²) in [6, 6.07) is 7.11. The largest absolute Gasteiger partial charge is 0.326 e.